The predicted octanol–water partition coefficient (Wildman–Crippen LogP) is 3.55. The number of hydrogen-bond donors (Lipinski definition) is 0. The van der Waals surface area contributed by atoms with Crippen LogP contribution in [0, 0.1) is 0 Å². The molecule has 94 valence electrons. The van der Waals surface area contributed by atoms with Gasteiger partial charge in [-0.3, -0.25) is 0 Å². The minimum Gasteiger partial charge on any atom is -0.350 e. The number of ether oxygens (including phenoxy) is 2. The number of benzene rings is 1. The lowest BCUT2D eigenvalue weighted by Gasteiger charge is -2.39. The van der Waals surface area contributed by atoms with Crippen LogP contribution in [0.1, 0.15) is 39.2 Å². The van der Waals surface area contributed by atoms with Crippen molar-refractivity contribution in [1.29, 1.82) is 0 Å². The maximum atomic E-state index is 5.94. The van der Waals surface area contributed by atoms with Crippen LogP contribution in [-0.4, -0.2) is 18.0 Å². The average Bonchev–Trinajstić information content (AvgIpc) is 2.25. The van der Waals surface area contributed by atoms with Gasteiger partial charge in [-0.15, -0.1) is 0 Å². The highest BCUT2D eigenvalue weighted by Gasteiger charge is 2.32. The van der Waals surface area contributed by atoms with Crippen molar-refractivity contribution in [3.05, 3.63) is 35.9 Å². The monoisotopic (exact) mass is 234 g/mol. The van der Waals surface area contributed by atoms with Gasteiger partial charge in [0.1, 0.15) is 0 Å². The molecule has 2 rings (SSSR count). The van der Waals surface area contributed by atoms with Crippen molar-refractivity contribution in [2.45, 2.75) is 58.0 Å². The van der Waals surface area contributed by atoms with E-state index in [0.29, 0.717) is 6.10 Å². The number of aryl methyl sites for hydroxylation is 1. The van der Waals surface area contributed by atoms with Crippen molar-refractivity contribution < 1.29 is 9.47 Å². The molecule has 0 spiro atoms. The summed E-state index contributed by atoms with van der Waals surface area (Å²) in [6.07, 6.45) is 3.13. The zero-order valence-electron chi connectivity index (χ0n) is 11.0. The molecule has 1 aliphatic heterocycles. The van der Waals surface area contributed by atoms with Crippen LogP contribution in [0.2, 0.25) is 0 Å². The third-order valence-corrected chi connectivity index (χ3v) is 3.13. The van der Waals surface area contributed by atoms with Gasteiger partial charge in [0.15, 0.2) is 6.29 Å². The maximum absolute atomic E-state index is 5.94. The fraction of sp³-hybridized carbons (Fsp3) is 0.600. The molecule has 1 aromatic rings. The number of rotatable bonds is 3. The van der Waals surface area contributed by atoms with Crippen molar-refractivity contribution in [2.75, 3.05) is 0 Å². The smallest absolute Gasteiger partial charge is 0.158 e. The van der Waals surface area contributed by atoms with Gasteiger partial charge in [0.25, 0.3) is 0 Å². The van der Waals surface area contributed by atoms with Gasteiger partial charge in [-0.25, -0.2) is 0 Å². The summed E-state index contributed by atoms with van der Waals surface area (Å²) in [5.74, 6) is 0. The molecule has 2 unspecified atom stereocenters. The second kappa shape index (κ2) is 5.19. The van der Waals surface area contributed by atoms with Gasteiger partial charge in [0.2, 0.25) is 0 Å². The SMILES string of the molecule is CC1CC(C)(C)OC(CCc2ccccc2)O1. The quantitative estimate of drug-likeness (QED) is 0.796. The van der Waals surface area contributed by atoms with Crippen LogP contribution in [0.4, 0.5) is 0 Å². The fourth-order valence-corrected chi connectivity index (χ4v) is 2.49. The molecule has 0 saturated carbocycles. The minimum atomic E-state index is -0.0612. The standard InChI is InChI=1S/C15H22O2/c1-12-11-15(2,3)17-14(16-12)10-9-13-7-5-4-6-8-13/h4-8,12,14H,9-11H2,1-3H3. The van der Waals surface area contributed by atoms with Gasteiger partial charge < -0.3 is 9.47 Å². The van der Waals surface area contributed by atoms with Crippen molar-refractivity contribution in [3.8, 4) is 0 Å². The first-order valence-corrected chi connectivity index (χ1v) is 6.42. The van der Waals surface area contributed by atoms with E-state index in [1.807, 2.05) is 6.07 Å². The van der Waals surface area contributed by atoms with Crippen LogP contribution in [0.3, 0.4) is 0 Å². The van der Waals surface area contributed by atoms with Crippen LogP contribution in [-0.2, 0) is 15.9 Å². The summed E-state index contributed by atoms with van der Waals surface area (Å²) in [5.41, 5.74) is 1.29. The molecule has 1 heterocycles. The van der Waals surface area contributed by atoms with E-state index in [-0.39, 0.29) is 11.9 Å². The van der Waals surface area contributed by atoms with Crippen molar-refractivity contribution in [2.24, 2.45) is 0 Å². The molecule has 0 bridgehead atoms. The largest absolute Gasteiger partial charge is 0.350 e. The Bertz CT molecular complexity index is 345. The Morgan fingerprint density at radius 1 is 1.24 bits per heavy atom. The summed E-state index contributed by atoms with van der Waals surface area (Å²) >= 11 is 0. The Balaban J connectivity index is 1.87. The molecule has 0 aliphatic carbocycles. The predicted molar refractivity (Wildman–Crippen MR) is 68.9 cm³/mol. The molecule has 1 fully saturated rings. The Morgan fingerprint density at radius 3 is 2.59 bits per heavy atom. The van der Waals surface area contributed by atoms with Gasteiger partial charge in [-0.05, 0) is 32.8 Å². The molecular formula is C15H22O2. The lowest BCUT2D eigenvalue weighted by atomic mass is 9.99. The van der Waals surface area contributed by atoms with E-state index < -0.39 is 0 Å². The second-order valence-electron chi connectivity index (χ2n) is 5.48. The van der Waals surface area contributed by atoms with Crippen molar-refractivity contribution >= 4 is 0 Å². The van der Waals surface area contributed by atoms with Crippen molar-refractivity contribution in [1.82, 2.24) is 0 Å². The van der Waals surface area contributed by atoms with E-state index in [1.165, 1.54) is 5.56 Å². The summed E-state index contributed by atoms with van der Waals surface area (Å²) in [6.45, 7) is 6.41. The van der Waals surface area contributed by atoms with Gasteiger partial charge in [-0.2, -0.15) is 0 Å². The van der Waals surface area contributed by atoms with Crippen LogP contribution < -0.4 is 0 Å². The lowest BCUT2D eigenvalue weighted by molar-refractivity contribution is -0.270. The molecular weight excluding hydrogens is 212 g/mol. The first-order chi connectivity index (χ1) is 8.05. The molecule has 0 aromatic heterocycles. The van der Waals surface area contributed by atoms with E-state index in [0.717, 1.165) is 19.3 Å². The third kappa shape index (κ3) is 3.83. The zero-order valence-corrected chi connectivity index (χ0v) is 11.0. The summed E-state index contributed by atoms with van der Waals surface area (Å²) in [7, 11) is 0. The minimum absolute atomic E-state index is 0.0565. The second-order valence-corrected chi connectivity index (χ2v) is 5.48. The molecule has 0 radical (unpaired) electrons. The summed E-state index contributed by atoms with van der Waals surface area (Å²) < 4.78 is 11.8. The highest BCUT2D eigenvalue weighted by molar-refractivity contribution is 5.14. The Hall–Kier alpha value is -0.860. The van der Waals surface area contributed by atoms with E-state index in [2.05, 4.69) is 45.0 Å². The fourth-order valence-electron chi connectivity index (χ4n) is 2.49. The molecule has 1 aliphatic rings. The van der Waals surface area contributed by atoms with Crippen LogP contribution in [0.15, 0.2) is 30.3 Å². The third-order valence-electron chi connectivity index (χ3n) is 3.13. The van der Waals surface area contributed by atoms with E-state index in [9.17, 15) is 0 Å². The van der Waals surface area contributed by atoms with Crippen LogP contribution >= 0.6 is 0 Å². The Kier molecular flexibility index (Phi) is 3.85. The molecule has 17 heavy (non-hydrogen) atoms. The summed E-state index contributed by atoms with van der Waals surface area (Å²) in [4.78, 5) is 0. The molecule has 1 aromatic carbocycles. The lowest BCUT2D eigenvalue weighted by Crippen LogP contribution is -2.43. The summed E-state index contributed by atoms with van der Waals surface area (Å²) in [5, 5.41) is 0. The average molecular weight is 234 g/mol. The van der Waals surface area contributed by atoms with Gasteiger partial charge in [0, 0.05) is 12.8 Å². The highest BCUT2D eigenvalue weighted by Crippen LogP contribution is 2.29. The topological polar surface area (TPSA) is 18.5 Å². The van der Waals surface area contributed by atoms with Gasteiger partial charge in [0.05, 0.1) is 11.7 Å². The highest BCUT2D eigenvalue weighted by atomic mass is 16.7. The van der Waals surface area contributed by atoms with E-state index in [4.69, 9.17) is 9.47 Å². The Labute approximate surface area is 104 Å². The maximum Gasteiger partial charge on any atom is 0.158 e. The first kappa shape index (κ1) is 12.6. The van der Waals surface area contributed by atoms with Gasteiger partial charge >= 0.3 is 0 Å². The molecule has 2 atom stereocenters. The molecule has 0 amide bonds. The molecule has 2 heteroatoms. The van der Waals surface area contributed by atoms with E-state index >= 15 is 0 Å². The summed E-state index contributed by atoms with van der Waals surface area (Å²) in [6, 6.07) is 10.5. The van der Waals surface area contributed by atoms with Crippen LogP contribution in [0.5, 0.6) is 0 Å². The zero-order chi connectivity index (χ0) is 12.3. The van der Waals surface area contributed by atoms with E-state index in [1.54, 1.807) is 0 Å². The van der Waals surface area contributed by atoms with Crippen molar-refractivity contribution in [3.63, 3.8) is 0 Å². The molecule has 0 N–H and O–H groups in total. The van der Waals surface area contributed by atoms with Crippen LogP contribution in [0.25, 0.3) is 0 Å². The molecule has 2 nitrogen and oxygen atoms in total. The molecule has 1 saturated heterocycles. The number of hydrogen-bond acceptors (Lipinski definition) is 2. The first-order valence-electron chi connectivity index (χ1n) is 6.42. The normalized spacial score (nSPS) is 27.9. The Morgan fingerprint density at radius 2 is 1.94 bits per heavy atom. The van der Waals surface area contributed by atoms with Gasteiger partial charge in [-0.1, -0.05) is 30.3 Å².